The van der Waals surface area contributed by atoms with Gasteiger partial charge in [-0.05, 0) is 24.6 Å². The zero-order valence-electron chi connectivity index (χ0n) is 12.0. The zero-order chi connectivity index (χ0) is 13.5. The molecule has 19 heavy (non-hydrogen) atoms. The number of nitrogens with one attached hydrogen (secondary N) is 1. The summed E-state index contributed by atoms with van der Waals surface area (Å²) in [5.74, 6) is 0. The minimum Gasteiger partial charge on any atom is -0.379 e. The van der Waals surface area contributed by atoms with Gasteiger partial charge in [-0.2, -0.15) is 0 Å². The molecule has 106 valence electrons. The summed E-state index contributed by atoms with van der Waals surface area (Å²) >= 11 is 0. The van der Waals surface area contributed by atoms with E-state index in [9.17, 15) is 0 Å². The third kappa shape index (κ3) is 3.78. The Kier molecular flexibility index (Phi) is 5.83. The number of likely N-dealkylation sites (N-methyl/N-ethyl adjacent to an activating group) is 1. The van der Waals surface area contributed by atoms with Crippen molar-refractivity contribution in [3.05, 3.63) is 35.4 Å². The van der Waals surface area contributed by atoms with Crippen LogP contribution in [0.3, 0.4) is 0 Å². The number of unbranched alkanes of at least 4 members (excludes halogenated alkanes) is 1. The molecule has 0 spiro atoms. The first-order valence-electron chi connectivity index (χ1n) is 7.31. The first-order valence-corrected chi connectivity index (χ1v) is 7.31. The fourth-order valence-corrected chi connectivity index (χ4v) is 2.66. The minimum atomic E-state index is 0.233. The molecule has 0 saturated carbocycles. The Morgan fingerprint density at radius 3 is 2.84 bits per heavy atom. The number of hydrogen-bond donors (Lipinski definition) is 1. The van der Waals surface area contributed by atoms with Crippen LogP contribution in [0.4, 0.5) is 0 Å². The van der Waals surface area contributed by atoms with Crippen LogP contribution in [0.15, 0.2) is 24.3 Å². The number of ether oxygens (including phenoxy) is 2. The number of benzene rings is 1. The minimum absolute atomic E-state index is 0.233. The molecule has 2 unspecified atom stereocenters. The molecule has 0 radical (unpaired) electrons. The zero-order valence-corrected chi connectivity index (χ0v) is 12.0. The van der Waals surface area contributed by atoms with Gasteiger partial charge in [0.1, 0.15) is 0 Å². The molecule has 3 nitrogen and oxygen atoms in total. The van der Waals surface area contributed by atoms with Gasteiger partial charge < -0.3 is 14.8 Å². The normalized spacial score (nSPS) is 21.6. The second kappa shape index (κ2) is 7.63. The fraction of sp³-hybridized carbons (Fsp3) is 0.625. The maximum Gasteiger partial charge on any atom is 0.0811 e. The lowest BCUT2D eigenvalue weighted by Gasteiger charge is -2.20. The third-order valence-electron chi connectivity index (χ3n) is 3.70. The Morgan fingerprint density at radius 2 is 2.05 bits per heavy atom. The fourth-order valence-electron chi connectivity index (χ4n) is 2.66. The van der Waals surface area contributed by atoms with Crippen molar-refractivity contribution in [2.24, 2.45) is 0 Å². The van der Waals surface area contributed by atoms with Gasteiger partial charge in [-0.25, -0.2) is 0 Å². The molecule has 0 amide bonds. The summed E-state index contributed by atoms with van der Waals surface area (Å²) < 4.78 is 11.5. The quantitative estimate of drug-likeness (QED) is 0.732. The molecule has 1 aliphatic rings. The summed E-state index contributed by atoms with van der Waals surface area (Å²) in [7, 11) is 2.00. The van der Waals surface area contributed by atoms with Crippen molar-refractivity contribution < 1.29 is 9.47 Å². The van der Waals surface area contributed by atoms with Crippen molar-refractivity contribution in [1.29, 1.82) is 0 Å². The van der Waals surface area contributed by atoms with Gasteiger partial charge in [-0.3, -0.25) is 0 Å². The highest BCUT2D eigenvalue weighted by Gasteiger charge is 2.31. The topological polar surface area (TPSA) is 30.5 Å². The molecule has 1 aromatic carbocycles. The van der Waals surface area contributed by atoms with E-state index in [2.05, 4.69) is 36.5 Å². The second-order valence-electron chi connectivity index (χ2n) is 5.04. The molecule has 2 rings (SSSR count). The van der Waals surface area contributed by atoms with Crippen LogP contribution in [0, 0.1) is 0 Å². The summed E-state index contributed by atoms with van der Waals surface area (Å²) in [6, 6.07) is 8.89. The summed E-state index contributed by atoms with van der Waals surface area (Å²) in [5, 5.41) is 3.37. The lowest BCUT2D eigenvalue weighted by Crippen LogP contribution is -2.29. The maximum absolute atomic E-state index is 5.98. The number of hydrogen-bond acceptors (Lipinski definition) is 3. The lowest BCUT2D eigenvalue weighted by molar-refractivity contribution is -0.00560. The van der Waals surface area contributed by atoms with Crippen LogP contribution in [0.1, 0.15) is 36.9 Å². The first-order chi connectivity index (χ1) is 9.36. The molecule has 3 heteroatoms. The van der Waals surface area contributed by atoms with Gasteiger partial charge in [0.25, 0.3) is 0 Å². The lowest BCUT2D eigenvalue weighted by atomic mass is 10.1. The Labute approximate surface area is 116 Å². The van der Waals surface area contributed by atoms with Crippen molar-refractivity contribution in [3.8, 4) is 0 Å². The highest BCUT2D eigenvalue weighted by molar-refractivity contribution is 5.36. The molecule has 0 heterocycles. The smallest absolute Gasteiger partial charge is 0.0811 e. The Hall–Kier alpha value is -0.900. The van der Waals surface area contributed by atoms with Crippen LogP contribution in [-0.4, -0.2) is 33.0 Å². The van der Waals surface area contributed by atoms with Crippen molar-refractivity contribution in [2.45, 2.75) is 38.3 Å². The van der Waals surface area contributed by atoms with E-state index >= 15 is 0 Å². The number of fused-ring (bicyclic) bond motifs is 1. The van der Waals surface area contributed by atoms with Crippen molar-refractivity contribution in [1.82, 2.24) is 5.32 Å². The SMILES string of the molecule is CCCCOCCOC1Cc2ccccc2C1NC. The van der Waals surface area contributed by atoms with Gasteiger partial charge in [-0.1, -0.05) is 37.6 Å². The van der Waals surface area contributed by atoms with E-state index in [-0.39, 0.29) is 6.10 Å². The predicted molar refractivity (Wildman–Crippen MR) is 77.4 cm³/mol. The average Bonchev–Trinajstić information content (AvgIpc) is 2.80. The monoisotopic (exact) mass is 263 g/mol. The Balaban J connectivity index is 1.76. The maximum atomic E-state index is 5.98. The van der Waals surface area contributed by atoms with E-state index in [1.165, 1.54) is 17.5 Å². The molecule has 1 aliphatic carbocycles. The van der Waals surface area contributed by atoms with E-state index in [1.54, 1.807) is 0 Å². The van der Waals surface area contributed by atoms with Crippen molar-refractivity contribution in [3.63, 3.8) is 0 Å². The largest absolute Gasteiger partial charge is 0.379 e. The summed E-state index contributed by atoms with van der Waals surface area (Å²) in [6.45, 7) is 4.40. The van der Waals surface area contributed by atoms with Crippen LogP contribution >= 0.6 is 0 Å². The van der Waals surface area contributed by atoms with Crippen LogP contribution in [0.25, 0.3) is 0 Å². The van der Waals surface area contributed by atoms with Crippen molar-refractivity contribution >= 4 is 0 Å². The van der Waals surface area contributed by atoms with Gasteiger partial charge in [0.2, 0.25) is 0 Å². The van der Waals surface area contributed by atoms with Crippen LogP contribution < -0.4 is 5.32 Å². The number of rotatable bonds is 8. The average molecular weight is 263 g/mol. The van der Waals surface area contributed by atoms with Gasteiger partial charge in [0, 0.05) is 13.0 Å². The highest BCUT2D eigenvalue weighted by Crippen LogP contribution is 2.32. The van der Waals surface area contributed by atoms with E-state index < -0.39 is 0 Å². The van der Waals surface area contributed by atoms with Crippen LogP contribution in [-0.2, 0) is 15.9 Å². The summed E-state index contributed by atoms with van der Waals surface area (Å²) in [5.41, 5.74) is 2.78. The predicted octanol–water partition coefficient (Wildman–Crippen LogP) is 2.71. The standard InChI is InChI=1S/C16H25NO2/c1-3-4-9-18-10-11-19-15-12-13-7-5-6-8-14(13)16(15)17-2/h5-8,15-17H,3-4,9-12H2,1-2H3. The Bertz CT molecular complexity index is 381. The third-order valence-corrected chi connectivity index (χ3v) is 3.70. The van der Waals surface area contributed by atoms with E-state index in [4.69, 9.17) is 9.47 Å². The molecule has 0 bridgehead atoms. The Morgan fingerprint density at radius 1 is 1.21 bits per heavy atom. The van der Waals surface area contributed by atoms with Gasteiger partial charge in [-0.15, -0.1) is 0 Å². The van der Waals surface area contributed by atoms with Crippen LogP contribution in [0.2, 0.25) is 0 Å². The van der Waals surface area contributed by atoms with E-state index in [0.29, 0.717) is 19.3 Å². The second-order valence-corrected chi connectivity index (χ2v) is 5.04. The van der Waals surface area contributed by atoms with Gasteiger partial charge in [0.05, 0.1) is 25.4 Å². The molecule has 0 saturated heterocycles. The molecular formula is C16H25NO2. The molecule has 0 aromatic heterocycles. The summed E-state index contributed by atoms with van der Waals surface area (Å²) in [6.07, 6.45) is 3.54. The molecule has 0 fully saturated rings. The van der Waals surface area contributed by atoms with E-state index in [0.717, 1.165) is 19.4 Å². The van der Waals surface area contributed by atoms with Gasteiger partial charge >= 0.3 is 0 Å². The molecule has 1 N–H and O–H groups in total. The summed E-state index contributed by atoms with van der Waals surface area (Å²) in [4.78, 5) is 0. The molecule has 2 atom stereocenters. The highest BCUT2D eigenvalue weighted by atomic mass is 16.5. The van der Waals surface area contributed by atoms with Crippen LogP contribution in [0.5, 0.6) is 0 Å². The van der Waals surface area contributed by atoms with Gasteiger partial charge in [0.15, 0.2) is 0 Å². The van der Waals surface area contributed by atoms with Crippen molar-refractivity contribution in [2.75, 3.05) is 26.9 Å². The molecule has 1 aromatic rings. The molecular weight excluding hydrogens is 238 g/mol. The first kappa shape index (κ1) is 14.5. The molecule has 0 aliphatic heterocycles. The van der Waals surface area contributed by atoms with E-state index in [1.807, 2.05) is 7.05 Å².